The molecule has 1 aromatic carbocycles. The lowest BCUT2D eigenvalue weighted by molar-refractivity contribution is 0.0427. The molecule has 19 heavy (non-hydrogen) atoms. The van der Waals surface area contributed by atoms with Crippen molar-refractivity contribution in [2.24, 2.45) is 0 Å². The minimum absolute atomic E-state index is 0.198. The summed E-state index contributed by atoms with van der Waals surface area (Å²) in [6.07, 6.45) is 1.23. The van der Waals surface area contributed by atoms with Gasteiger partial charge in [0.2, 0.25) is 0 Å². The summed E-state index contributed by atoms with van der Waals surface area (Å²) in [6.45, 7) is 5.28. The molecule has 1 atom stereocenters. The van der Waals surface area contributed by atoms with Crippen LogP contribution in [0.25, 0.3) is 0 Å². The molecule has 2 rings (SSSR count). The fraction of sp³-hybridized carbons (Fsp3) is 0.600. The van der Waals surface area contributed by atoms with Gasteiger partial charge in [-0.25, -0.2) is 0 Å². The van der Waals surface area contributed by atoms with Crippen LogP contribution in [-0.4, -0.2) is 46.5 Å². The first-order valence-electron chi connectivity index (χ1n) is 7.01. The quantitative estimate of drug-likeness (QED) is 0.691. The Bertz CT molecular complexity index is 371. The Labute approximate surface area is 115 Å². The normalized spacial score (nSPS) is 18.3. The van der Waals surface area contributed by atoms with Crippen LogP contribution in [0.1, 0.15) is 17.2 Å². The van der Waals surface area contributed by atoms with Crippen molar-refractivity contribution in [3.8, 4) is 0 Å². The molecular formula is C15H24N2O2. The average Bonchev–Trinajstić information content (AvgIpc) is 2.46. The topological polar surface area (TPSA) is 42.5 Å². The molecule has 0 amide bonds. The van der Waals surface area contributed by atoms with E-state index in [1.807, 2.05) is 0 Å². The van der Waals surface area contributed by atoms with E-state index in [0.717, 1.165) is 45.8 Å². The van der Waals surface area contributed by atoms with Crippen molar-refractivity contribution in [3.05, 3.63) is 35.4 Å². The summed E-state index contributed by atoms with van der Waals surface area (Å²) in [7, 11) is 1.72. The Morgan fingerprint density at radius 2 is 2.05 bits per heavy atom. The van der Waals surface area contributed by atoms with E-state index in [2.05, 4.69) is 34.9 Å². The predicted molar refractivity (Wildman–Crippen MR) is 76.5 cm³/mol. The molecule has 106 valence electrons. The van der Waals surface area contributed by atoms with E-state index in [9.17, 15) is 0 Å². The molecule has 0 radical (unpaired) electrons. The number of rotatable bonds is 8. The van der Waals surface area contributed by atoms with Gasteiger partial charge in [-0.15, -0.1) is 0 Å². The molecule has 0 saturated heterocycles. The molecular weight excluding hydrogens is 240 g/mol. The zero-order valence-electron chi connectivity index (χ0n) is 11.7. The van der Waals surface area contributed by atoms with Gasteiger partial charge in [-0.2, -0.15) is 0 Å². The molecule has 4 nitrogen and oxygen atoms in total. The van der Waals surface area contributed by atoms with Crippen molar-refractivity contribution in [3.63, 3.8) is 0 Å². The summed E-state index contributed by atoms with van der Waals surface area (Å²) in [4.78, 5) is 0. The van der Waals surface area contributed by atoms with Crippen LogP contribution < -0.4 is 10.6 Å². The van der Waals surface area contributed by atoms with Crippen LogP contribution in [0.5, 0.6) is 0 Å². The second kappa shape index (κ2) is 8.27. The van der Waals surface area contributed by atoms with Crippen molar-refractivity contribution < 1.29 is 9.47 Å². The zero-order chi connectivity index (χ0) is 13.3. The summed E-state index contributed by atoms with van der Waals surface area (Å²) in [6, 6.07) is 8.58. The van der Waals surface area contributed by atoms with Gasteiger partial charge in [0.15, 0.2) is 0 Å². The maximum Gasteiger partial charge on any atom is 0.0952 e. The minimum atomic E-state index is 0.198. The van der Waals surface area contributed by atoms with Crippen molar-refractivity contribution in [1.82, 2.24) is 10.6 Å². The predicted octanol–water partition coefficient (Wildman–Crippen LogP) is 1.13. The van der Waals surface area contributed by atoms with Crippen molar-refractivity contribution >= 4 is 0 Å². The Hall–Kier alpha value is -0.940. The van der Waals surface area contributed by atoms with E-state index in [0.29, 0.717) is 0 Å². The molecule has 4 heteroatoms. The zero-order valence-corrected chi connectivity index (χ0v) is 11.7. The fourth-order valence-electron chi connectivity index (χ4n) is 2.35. The van der Waals surface area contributed by atoms with Gasteiger partial charge in [0.05, 0.1) is 19.3 Å². The lowest BCUT2D eigenvalue weighted by atomic mass is 9.97. The van der Waals surface area contributed by atoms with E-state index in [1.165, 1.54) is 11.1 Å². The van der Waals surface area contributed by atoms with Crippen molar-refractivity contribution in [2.45, 2.75) is 12.5 Å². The smallest absolute Gasteiger partial charge is 0.0952 e. The molecule has 0 bridgehead atoms. The molecule has 0 saturated carbocycles. The fourth-order valence-corrected chi connectivity index (χ4v) is 2.35. The van der Waals surface area contributed by atoms with Crippen LogP contribution in [0.4, 0.5) is 0 Å². The van der Waals surface area contributed by atoms with Crippen molar-refractivity contribution in [1.29, 1.82) is 0 Å². The summed E-state index contributed by atoms with van der Waals surface area (Å²) in [5.74, 6) is 0. The third-order valence-electron chi connectivity index (χ3n) is 3.38. The van der Waals surface area contributed by atoms with Gasteiger partial charge in [-0.05, 0) is 17.5 Å². The molecule has 1 unspecified atom stereocenters. The Morgan fingerprint density at radius 1 is 1.21 bits per heavy atom. The van der Waals surface area contributed by atoms with Crippen molar-refractivity contribution in [2.75, 3.05) is 46.5 Å². The molecule has 0 aliphatic carbocycles. The molecule has 2 N–H and O–H groups in total. The second-order valence-electron chi connectivity index (χ2n) is 4.76. The Kier molecular flexibility index (Phi) is 6.30. The number of fused-ring (bicyclic) bond motifs is 1. The van der Waals surface area contributed by atoms with E-state index in [-0.39, 0.29) is 6.10 Å². The van der Waals surface area contributed by atoms with Crippen LogP contribution >= 0.6 is 0 Å². The maximum atomic E-state index is 5.85. The van der Waals surface area contributed by atoms with Gasteiger partial charge < -0.3 is 20.1 Å². The molecule has 1 heterocycles. The van der Waals surface area contributed by atoms with Gasteiger partial charge in [0.1, 0.15) is 0 Å². The lowest BCUT2D eigenvalue weighted by Gasteiger charge is -2.26. The maximum absolute atomic E-state index is 5.85. The van der Waals surface area contributed by atoms with Gasteiger partial charge >= 0.3 is 0 Å². The highest BCUT2D eigenvalue weighted by Crippen LogP contribution is 2.25. The Morgan fingerprint density at radius 3 is 2.95 bits per heavy atom. The third kappa shape index (κ3) is 4.58. The summed E-state index contributed by atoms with van der Waals surface area (Å²) in [5.41, 5.74) is 2.77. The van der Waals surface area contributed by atoms with Crippen LogP contribution in [-0.2, 0) is 15.9 Å². The molecule has 0 aromatic heterocycles. The minimum Gasteiger partial charge on any atom is -0.383 e. The highest BCUT2D eigenvalue weighted by molar-refractivity contribution is 5.31. The van der Waals surface area contributed by atoms with E-state index >= 15 is 0 Å². The van der Waals surface area contributed by atoms with E-state index in [4.69, 9.17) is 9.47 Å². The summed E-state index contributed by atoms with van der Waals surface area (Å²) >= 11 is 0. The van der Waals surface area contributed by atoms with Crippen LogP contribution in [0.3, 0.4) is 0 Å². The highest BCUT2D eigenvalue weighted by Gasteiger charge is 2.19. The van der Waals surface area contributed by atoms with Gasteiger partial charge in [0.25, 0.3) is 0 Å². The number of benzene rings is 1. The SMILES string of the molecule is COCCNCCNCC1OCCc2ccccc21. The molecule has 1 aliphatic rings. The number of nitrogens with one attached hydrogen (secondary N) is 2. The summed E-state index contributed by atoms with van der Waals surface area (Å²) in [5, 5.41) is 6.76. The van der Waals surface area contributed by atoms with E-state index < -0.39 is 0 Å². The van der Waals surface area contributed by atoms with Gasteiger partial charge in [-0.3, -0.25) is 0 Å². The number of methoxy groups -OCH3 is 1. The number of ether oxygens (including phenoxy) is 2. The average molecular weight is 264 g/mol. The van der Waals surface area contributed by atoms with Gasteiger partial charge in [0, 0.05) is 33.3 Å². The largest absolute Gasteiger partial charge is 0.383 e. The molecule has 1 aromatic rings. The first-order chi connectivity index (χ1) is 9.42. The van der Waals surface area contributed by atoms with E-state index in [1.54, 1.807) is 7.11 Å². The monoisotopic (exact) mass is 264 g/mol. The van der Waals surface area contributed by atoms with Crippen LogP contribution in [0.2, 0.25) is 0 Å². The van der Waals surface area contributed by atoms with Crippen LogP contribution in [0.15, 0.2) is 24.3 Å². The van der Waals surface area contributed by atoms with Gasteiger partial charge in [-0.1, -0.05) is 24.3 Å². The third-order valence-corrected chi connectivity index (χ3v) is 3.38. The first-order valence-corrected chi connectivity index (χ1v) is 7.01. The lowest BCUT2D eigenvalue weighted by Crippen LogP contribution is -2.33. The number of hydrogen-bond donors (Lipinski definition) is 2. The first kappa shape index (κ1) is 14.5. The Balaban J connectivity index is 1.67. The van der Waals surface area contributed by atoms with Crippen LogP contribution in [0, 0.1) is 0 Å². The second-order valence-corrected chi connectivity index (χ2v) is 4.76. The summed E-state index contributed by atoms with van der Waals surface area (Å²) < 4.78 is 10.8. The molecule has 0 fully saturated rings. The molecule has 1 aliphatic heterocycles. The standard InChI is InChI=1S/C15H24N2O2/c1-18-11-9-16-7-8-17-12-15-14-5-3-2-4-13(14)6-10-19-15/h2-5,15-17H,6-12H2,1H3. The number of hydrogen-bond acceptors (Lipinski definition) is 4. The highest BCUT2D eigenvalue weighted by atomic mass is 16.5. The molecule has 0 spiro atoms.